The molecule has 11 heteroatoms. The summed E-state index contributed by atoms with van der Waals surface area (Å²) in [5, 5.41) is 11.7. The van der Waals surface area contributed by atoms with E-state index in [-0.39, 0.29) is 35.2 Å². The number of carbonyl (C=O) groups is 3. The van der Waals surface area contributed by atoms with Crippen LogP contribution in [0.2, 0.25) is 0 Å². The number of benzene rings is 2. The van der Waals surface area contributed by atoms with Gasteiger partial charge in [-0.05, 0) is 56.0 Å². The third-order valence-electron chi connectivity index (χ3n) is 8.86. The van der Waals surface area contributed by atoms with Gasteiger partial charge in [-0.25, -0.2) is 8.42 Å². The molecule has 0 saturated carbocycles. The fraction of sp³-hybridized carbons (Fsp3) is 0.406. The number of aliphatic hydroxyl groups excluding tert-OH is 1. The summed E-state index contributed by atoms with van der Waals surface area (Å²) in [6.07, 6.45) is 6.20. The van der Waals surface area contributed by atoms with E-state index in [1.165, 1.54) is 38.4 Å². The van der Waals surface area contributed by atoms with Gasteiger partial charge in [0.2, 0.25) is 10.0 Å². The molecular weight excluding hydrogens is 570 g/mol. The van der Waals surface area contributed by atoms with Crippen molar-refractivity contribution < 1.29 is 32.6 Å². The maximum absolute atomic E-state index is 14.4. The van der Waals surface area contributed by atoms with Gasteiger partial charge >= 0.3 is 0 Å². The smallest absolute Gasteiger partial charge is 0.296 e. The lowest BCUT2D eigenvalue weighted by atomic mass is 9.81. The van der Waals surface area contributed by atoms with Crippen molar-refractivity contribution in [1.29, 1.82) is 0 Å². The molecule has 4 aliphatic rings. The van der Waals surface area contributed by atoms with Crippen LogP contribution in [0.3, 0.4) is 0 Å². The first-order valence-electron chi connectivity index (χ1n) is 14.8. The van der Waals surface area contributed by atoms with E-state index in [9.17, 15) is 27.9 Å². The Morgan fingerprint density at radius 2 is 1.70 bits per heavy atom. The zero-order valence-corrected chi connectivity index (χ0v) is 24.7. The average molecular weight is 606 g/mol. The Hall–Kier alpha value is -3.80. The van der Waals surface area contributed by atoms with Crippen LogP contribution in [0, 0.1) is 0 Å². The highest BCUT2D eigenvalue weighted by atomic mass is 32.2. The lowest BCUT2D eigenvalue weighted by Gasteiger charge is -2.35. The van der Waals surface area contributed by atoms with Gasteiger partial charge in [-0.3, -0.25) is 14.4 Å². The van der Waals surface area contributed by atoms with Crippen molar-refractivity contribution in [1.82, 2.24) is 9.21 Å². The highest BCUT2D eigenvalue weighted by Gasteiger charge is 2.67. The average Bonchev–Trinajstić information content (AvgIpc) is 3.57. The Bertz CT molecular complexity index is 1600. The molecule has 0 bridgehead atoms. The van der Waals surface area contributed by atoms with Gasteiger partial charge in [0.25, 0.3) is 17.6 Å². The number of carbonyl (C=O) groups excluding carboxylic acids is 3. The predicted molar refractivity (Wildman–Crippen MR) is 160 cm³/mol. The van der Waals surface area contributed by atoms with Crippen molar-refractivity contribution in [2.75, 3.05) is 37.7 Å². The monoisotopic (exact) mass is 605 g/mol. The van der Waals surface area contributed by atoms with Crippen LogP contribution in [-0.4, -0.2) is 79.2 Å². The number of ether oxygens (including phenoxy) is 1. The number of anilines is 1. The quantitative estimate of drug-likeness (QED) is 0.222. The maximum Gasteiger partial charge on any atom is 0.296 e. The van der Waals surface area contributed by atoms with Crippen LogP contribution in [0.4, 0.5) is 5.69 Å². The summed E-state index contributed by atoms with van der Waals surface area (Å²) in [5.74, 6) is -2.98. The number of likely N-dealkylation sites (tertiary alicyclic amines) is 1. The van der Waals surface area contributed by atoms with Gasteiger partial charge in [0.05, 0.1) is 22.3 Å². The fourth-order valence-corrected chi connectivity index (χ4v) is 8.30. The number of hydrogen-bond acceptors (Lipinski definition) is 7. The molecule has 4 heterocycles. The minimum absolute atomic E-state index is 0.00360. The molecule has 3 saturated heterocycles. The Morgan fingerprint density at radius 1 is 1.00 bits per heavy atom. The number of rotatable bonds is 7. The van der Waals surface area contributed by atoms with Gasteiger partial charge in [0.15, 0.2) is 5.54 Å². The number of nitrogens with zero attached hydrogens (tertiary/aromatic N) is 3. The Balaban J connectivity index is 1.48. The summed E-state index contributed by atoms with van der Waals surface area (Å²) in [6.45, 7) is 5.31. The van der Waals surface area contributed by atoms with E-state index in [0.29, 0.717) is 37.4 Å². The molecule has 3 fully saturated rings. The molecular formula is C32H35N3O7S. The van der Waals surface area contributed by atoms with Gasteiger partial charge in [-0.15, -0.1) is 6.58 Å². The molecule has 2 unspecified atom stereocenters. The topological polar surface area (TPSA) is 125 Å². The van der Waals surface area contributed by atoms with Crippen molar-refractivity contribution in [3.05, 3.63) is 77.9 Å². The van der Waals surface area contributed by atoms with Crippen LogP contribution in [0.25, 0.3) is 5.76 Å². The molecule has 1 N–H and O–H groups in total. The molecule has 0 aromatic heterocycles. The van der Waals surface area contributed by atoms with Crippen LogP contribution in [0.5, 0.6) is 0 Å². The SMILES string of the molecule is C=CCN1C(=O)C2(/C(=C(/O)c3ccc(S(=O)(=O)N4CCCCCC4)cc3)C(=O)C(=O)N2CC2CCCO2)c2ccccc21. The molecule has 6 rings (SSSR count). The molecule has 43 heavy (non-hydrogen) atoms. The second-order valence-electron chi connectivity index (χ2n) is 11.4. The van der Waals surface area contributed by atoms with Crippen molar-refractivity contribution in [2.45, 2.75) is 55.1 Å². The minimum Gasteiger partial charge on any atom is -0.507 e. The minimum atomic E-state index is -3.75. The largest absolute Gasteiger partial charge is 0.507 e. The van der Waals surface area contributed by atoms with Crippen molar-refractivity contribution in [3.63, 3.8) is 0 Å². The van der Waals surface area contributed by atoms with E-state index in [4.69, 9.17) is 4.74 Å². The van der Waals surface area contributed by atoms with Crippen LogP contribution < -0.4 is 4.90 Å². The summed E-state index contributed by atoms with van der Waals surface area (Å²) in [4.78, 5) is 44.7. The molecule has 2 atom stereocenters. The van der Waals surface area contributed by atoms with Crippen molar-refractivity contribution in [3.8, 4) is 0 Å². The number of ketones is 1. The molecule has 10 nitrogen and oxygen atoms in total. The lowest BCUT2D eigenvalue weighted by Crippen LogP contribution is -2.53. The third-order valence-corrected chi connectivity index (χ3v) is 10.8. The zero-order valence-electron chi connectivity index (χ0n) is 23.9. The first-order chi connectivity index (χ1) is 20.7. The Morgan fingerprint density at radius 3 is 2.35 bits per heavy atom. The van der Waals surface area contributed by atoms with Crippen molar-refractivity contribution in [2.24, 2.45) is 0 Å². The number of para-hydroxylation sites is 1. The highest BCUT2D eigenvalue weighted by molar-refractivity contribution is 7.89. The second-order valence-corrected chi connectivity index (χ2v) is 13.3. The normalized spacial score (nSPS) is 25.9. The Kier molecular flexibility index (Phi) is 7.74. The van der Waals surface area contributed by atoms with E-state index < -0.39 is 38.9 Å². The summed E-state index contributed by atoms with van der Waals surface area (Å²) in [7, 11) is -3.75. The van der Waals surface area contributed by atoms with Crippen LogP contribution in [0.15, 0.2) is 71.7 Å². The molecule has 226 valence electrons. The molecule has 0 radical (unpaired) electrons. The molecule has 2 amide bonds. The summed E-state index contributed by atoms with van der Waals surface area (Å²) in [5.41, 5.74) is -1.22. The summed E-state index contributed by atoms with van der Waals surface area (Å²) in [6, 6.07) is 12.5. The van der Waals surface area contributed by atoms with Gasteiger partial charge < -0.3 is 19.6 Å². The van der Waals surface area contributed by atoms with Gasteiger partial charge in [-0.1, -0.05) is 37.1 Å². The number of amides is 2. The standard InChI is InChI=1S/C32H35N3O7S/c1-2-17-34-26-12-6-5-11-25(26)32(31(34)39)27(29(37)30(38)35(32)21-23-10-9-20-42-23)28(36)22-13-15-24(16-14-22)43(40,41)33-18-7-3-4-8-19-33/h2,5-6,11-16,23,36H,1,3-4,7-10,17-21H2/b28-27+. The number of fused-ring (bicyclic) bond motifs is 2. The molecule has 0 aliphatic carbocycles. The maximum atomic E-state index is 14.4. The summed E-state index contributed by atoms with van der Waals surface area (Å²) < 4.78 is 34.0. The first-order valence-corrected chi connectivity index (χ1v) is 16.2. The zero-order chi connectivity index (χ0) is 30.4. The lowest BCUT2D eigenvalue weighted by molar-refractivity contribution is -0.145. The Labute approximate surface area is 251 Å². The summed E-state index contributed by atoms with van der Waals surface area (Å²) >= 11 is 0. The highest BCUT2D eigenvalue weighted by Crippen LogP contribution is 2.53. The van der Waals surface area contributed by atoms with E-state index >= 15 is 0 Å². The molecule has 2 aromatic carbocycles. The third kappa shape index (κ3) is 4.61. The second kappa shape index (κ2) is 11.4. The van der Waals surface area contributed by atoms with Crippen molar-refractivity contribution >= 4 is 39.1 Å². The van der Waals surface area contributed by atoms with Crippen LogP contribution in [0.1, 0.15) is 49.7 Å². The van der Waals surface area contributed by atoms with E-state index in [2.05, 4.69) is 6.58 Å². The fourth-order valence-electron chi connectivity index (χ4n) is 6.78. The first kappa shape index (κ1) is 29.3. The molecule has 4 aliphatic heterocycles. The molecule has 1 spiro atoms. The van der Waals surface area contributed by atoms with E-state index in [1.807, 2.05) is 0 Å². The number of aliphatic hydroxyl groups is 1. The van der Waals surface area contributed by atoms with E-state index in [1.54, 1.807) is 30.3 Å². The van der Waals surface area contributed by atoms with Crippen LogP contribution >= 0.6 is 0 Å². The molecule has 2 aromatic rings. The van der Waals surface area contributed by atoms with Gasteiger partial charge in [0.1, 0.15) is 5.76 Å². The number of Topliss-reactive ketones (excluding diaryl/α,β-unsaturated/α-hetero) is 1. The van der Waals surface area contributed by atoms with Crippen LogP contribution in [-0.2, 0) is 34.7 Å². The number of hydrogen-bond donors (Lipinski definition) is 1. The van der Waals surface area contributed by atoms with Gasteiger partial charge in [0, 0.05) is 43.9 Å². The predicted octanol–water partition coefficient (Wildman–Crippen LogP) is 3.54. The van der Waals surface area contributed by atoms with E-state index in [0.717, 1.165) is 32.1 Å². The number of sulfonamides is 1. The van der Waals surface area contributed by atoms with Gasteiger partial charge in [-0.2, -0.15) is 4.31 Å².